The molecule has 1 amide bonds. The Morgan fingerprint density at radius 3 is 2.43 bits per heavy atom. The second-order valence-electron chi connectivity index (χ2n) is 1.11. The summed E-state index contributed by atoms with van der Waals surface area (Å²) < 4.78 is 0.299. The number of hydroxylamine groups is 2. The molecule has 0 heterocycles. The third kappa shape index (κ3) is 2.95. The second kappa shape index (κ2) is 3.34. The zero-order chi connectivity index (χ0) is 5.86. The number of amides is 1. The average Bonchev–Trinajstić information content (AvgIpc) is 1.65. The van der Waals surface area contributed by atoms with Crippen molar-refractivity contribution < 1.29 is 9.86 Å². The van der Waals surface area contributed by atoms with E-state index in [1.54, 1.807) is 0 Å². The van der Waals surface area contributed by atoms with Crippen LogP contribution >= 0.6 is 22.6 Å². The van der Waals surface area contributed by atoms with Crippen LogP contribution in [0.25, 0.3) is 0 Å². The predicted octanol–water partition coefficient (Wildman–Crippen LogP) is -1.04. The minimum atomic E-state index is -0.352. The number of carbonyl (C=O) groups excluding carboxylic acids is 1. The van der Waals surface area contributed by atoms with Crippen LogP contribution in [0.2, 0.25) is 0 Å². The Morgan fingerprint density at radius 2 is 2.43 bits per heavy atom. The monoisotopic (exact) mass is 215 g/mol. The summed E-state index contributed by atoms with van der Waals surface area (Å²) in [5.74, 6) is -0.305. The Morgan fingerprint density at radius 1 is 2.00 bits per heavy atom. The molecule has 1 unspecified atom stereocenters. The molecule has 0 aromatic heterocycles. The number of quaternary nitrogens is 1. The molecule has 1 N–H and O–H groups in total. The van der Waals surface area contributed by atoms with E-state index in [9.17, 15) is 10.0 Å². The topological polar surface area (TPSA) is 44.6 Å². The number of hydrogen-bond donors (Lipinski definition) is 1. The maximum atomic E-state index is 10.2. The van der Waals surface area contributed by atoms with Crippen molar-refractivity contribution in [2.24, 2.45) is 0 Å². The predicted molar refractivity (Wildman–Crippen MR) is 34.1 cm³/mol. The van der Waals surface area contributed by atoms with Gasteiger partial charge in [-0.15, -0.1) is 0 Å². The third-order valence-corrected chi connectivity index (χ3v) is 1.21. The highest BCUT2D eigenvalue weighted by Crippen LogP contribution is 1.73. The van der Waals surface area contributed by atoms with E-state index in [1.807, 2.05) is 22.6 Å². The van der Waals surface area contributed by atoms with Gasteiger partial charge < -0.3 is 10.3 Å². The molecule has 42 valence electrons. The molecule has 7 heavy (non-hydrogen) atoms. The van der Waals surface area contributed by atoms with Gasteiger partial charge in [0.2, 0.25) is 0 Å². The van der Waals surface area contributed by atoms with Gasteiger partial charge in [-0.2, -0.15) is 0 Å². The largest absolute Gasteiger partial charge is 0.627 e. The number of rotatable bonds is 1. The molecular formula is C3H6INO2. The highest BCUT2D eigenvalue weighted by atomic mass is 127. The molecule has 0 aliphatic carbocycles. The Bertz CT molecular complexity index is 73.3. The van der Waals surface area contributed by atoms with Crippen LogP contribution in [0.5, 0.6) is 0 Å². The normalized spacial score (nSPS) is 13.6. The summed E-state index contributed by atoms with van der Waals surface area (Å²) in [5, 5.41) is 9.67. The molecule has 0 aromatic carbocycles. The summed E-state index contributed by atoms with van der Waals surface area (Å²) in [6, 6.07) is 0. The minimum Gasteiger partial charge on any atom is -0.627 e. The molecule has 1 atom stereocenters. The molecule has 0 bridgehead atoms. The third-order valence-electron chi connectivity index (χ3n) is 0.514. The fraction of sp³-hybridized carbons (Fsp3) is 0.667. The molecule has 0 rings (SSSR count). The highest BCUT2D eigenvalue weighted by molar-refractivity contribution is 14.1. The molecule has 4 heteroatoms. The molecule has 0 aliphatic heterocycles. The fourth-order valence-corrected chi connectivity index (χ4v) is 0.631. The van der Waals surface area contributed by atoms with Gasteiger partial charge in [0.1, 0.15) is 4.43 Å². The van der Waals surface area contributed by atoms with Crippen molar-refractivity contribution >= 4 is 28.5 Å². The first kappa shape index (κ1) is 7.32. The maximum Gasteiger partial charge on any atom is 0.321 e. The van der Waals surface area contributed by atoms with Gasteiger partial charge in [-0.3, -0.25) is 0 Å². The quantitative estimate of drug-likeness (QED) is 0.345. The van der Waals surface area contributed by atoms with Crippen molar-refractivity contribution in [3.8, 4) is 0 Å². The summed E-state index contributed by atoms with van der Waals surface area (Å²) in [5.41, 5.74) is 0. The van der Waals surface area contributed by atoms with Crippen LogP contribution in [-0.4, -0.2) is 17.4 Å². The molecule has 0 aliphatic rings. The standard InChI is InChI=1S/C3H6INO2/c1-5(7)3(6)2-4/h5H,2H2,1H3. The number of halogens is 1. The van der Waals surface area contributed by atoms with Crippen molar-refractivity contribution in [3.05, 3.63) is 5.21 Å². The molecule has 0 saturated carbocycles. The number of hydrogen-bond acceptors (Lipinski definition) is 2. The Kier molecular flexibility index (Phi) is 3.49. The molecule has 3 nitrogen and oxygen atoms in total. The summed E-state index contributed by atoms with van der Waals surface area (Å²) in [7, 11) is 1.28. The van der Waals surface area contributed by atoms with Gasteiger partial charge in [-0.1, -0.05) is 22.6 Å². The molecule has 0 spiro atoms. The Balaban J connectivity index is 3.35. The van der Waals surface area contributed by atoms with Crippen LogP contribution in [0.15, 0.2) is 0 Å². The first-order chi connectivity index (χ1) is 3.18. The highest BCUT2D eigenvalue weighted by Gasteiger charge is 1.99. The van der Waals surface area contributed by atoms with Gasteiger partial charge in [0, 0.05) is 0 Å². The zero-order valence-corrected chi connectivity index (χ0v) is 6.06. The first-order valence-corrected chi connectivity index (χ1v) is 3.30. The summed E-state index contributed by atoms with van der Waals surface area (Å²) in [6.07, 6.45) is 0. The Labute approximate surface area is 55.4 Å². The van der Waals surface area contributed by atoms with Crippen LogP contribution in [0, 0.1) is 5.21 Å². The van der Waals surface area contributed by atoms with Crippen molar-refractivity contribution in [3.63, 3.8) is 0 Å². The van der Waals surface area contributed by atoms with Crippen LogP contribution in [0.1, 0.15) is 0 Å². The van der Waals surface area contributed by atoms with Crippen molar-refractivity contribution in [1.29, 1.82) is 0 Å². The summed E-state index contributed by atoms with van der Waals surface area (Å²) >= 11 is 1.86. The van der Waals surface area contributed by atoms with Crippen LogP contribution in [-0.2, 0) is 4.79 Å². The lowest BCUT2D eigenvalue weighted by Gasteiger charge is -2.09. The van der Waals surface area contributed by atoms with Crippen LogP contribution < -0.4 is 5.06 Å². The van der Waals surface area contributed by atoms with Gasteiger partial charge in [0.15, 0.2) is 0 Å². The second-order valence-corrected chi connectivity index (χ2v) is 1.88. The molecule has 0 radical (unpaired) electrons. The fourth-order valence-electron chi connectivity index (χ4n) is 0.0941. The van der Waals surface area contributed by atoms with E-state index in [0.29, 0.717) is 4.43 Å². The van der Waals surface area contributed by atoms with Crippen LogP contribution in [0.4, 0.5) is 0 Å². The maximum absolute atomic E-state index is 10.2. The molecule has 0 saturated heterocycles. The van der Waals surface area contributed by atoms with Gasteiger partial charge in [0.05, 0.1) is 7.05 Å². The molecule has 0 fully saturated rings. The number of nitrogens with one attached hydrogen (secondary N) is 1. The lowest BCUT2D eigenvalue weighted by molar-refractivity contribution is -0.739. The van der Waals surface area contributed by atoms with Gasteiger partial charge in [0.25, 0.3) is 0 Å². The molecule has 0 aromatic rings. The zero-order valence-electron chi connectivity index (χ0n) is 3.90. The van der Waals surface area contributed by atoms with E-state index in [0.717, 1.165) is 0 Å². The first-order valence-electron chi connectivity index (χ1n) is 1.78. The molecular weight excluding hydrogens is 209 g/mol. The van der Waals surface area contributed by atoms with Crippen molar-refractivity contribution in [1.82, 2.24) is 0 Å². The van der Waals surface area contributed by atoms with E-state index in [2.05, 4.69) is 0 Å². The SMILES string of the molecule is C[NH+]([O-])C(=O)CI. The minimum absolute atomic E-state index is 0.299. The van der Waals surface area contributed by atoms with E-state index in [1.165, 1.54) is 7.05 Å². The van der Waals surface area contributed by atoms with Gasteiger partial charge >= 0.3 is 5.91 Å². The average molecular weight is 215 g/mol. The van der Waals surface area contributed by atoms with Crippen LogP contribution in [0.3, 0.4) is 0 Å². The van der Waals surface area contributed by atoms with Crippen molar-refractivity contribution in [2.45, 2.75) is 0 Å². The number of carbonyl (C=O) groups is 1. The lowest BCUT2D eigenvalue weighted by Crippen LogP contribution is -3.07. The van der Waals surface area contributed by atoms with E-state index in [4.69, 9.17) is 0 Å². The smallest absolute Gasteiger partial charge is 0.321 e. The van der Waals surface area contributed by atoms with E-state index >= 15 is 0 Å². The van der Waals surface area contributed by atoms with E-state index < -0.39 is 0 Å². The summed E-state index contributed by atoms with van der Waals surface area (Å²) in [6.45, 7) is 0. The Hall–Kier alpha value is 0.320. The van der Waals surface area contributed by atoms with Gasteiger partial charge in [-0.25, -0.2) is 4.79 Å². The van der Waals surface area contributed by atoms with Gasteiger partial charge in [-0.05, 0) is 0 Å². The lowest BCUT2D eigenvalue weighted by atomic mass is 10.7. The number of alkyl halides is 1. The van der Waals surface area contributed by atoms with E-state index in [-0.39, 0.29) is 11.0 Å². The summed E-state index contributed by atoms with van der Waals surface area (Å²) in [4.78, 5) is 10.2. The van der Waals surface area contributed by atoms with Crippen molar-refractivity contribution in [2.75, 3.05) is 11.5 Å².